The smallest absolute Gasteiger partial charge is 0.373 e. The predicted molar refractivity (Wildman–Crippen MR) is 101 cm³/mol. The number of nitrogen functional groups attached to an aromatic ring is 1. The maximum absolute atomic E-state index is 12.1. The Kier molecular flexibility index (Phi) is 6.36. The van der Waals surface area contributed by atoms with Gasteiger partial charge in [0, 0.05) is 17.8 Å². The Bertz CT molecular complexity index is 764. The minimum Gasteiger partial charge on any atom is -0.399 e. The molecule has 0 aromatic heterocycles. The molecule has 2 rings (SSSR count). The van der Waals surface area contributed by atoms with Gasteiger partial charge in [0.05, 0.1) is 5.56 Å². The zero-order valence-corrected chi connectivity index (χ0v) is 15.2. The minimum atomic E-state index is -0.586. The number of para-hydroxylation sites is 1. The molecule has 1 amide bonds. The van der Waals surface area contributed by atoms with Gasteiger partial charge in [0.1, 0.15) is 5.60 Å². The Morgan fingerprint density at radius 3 is 2.31 bits per heavy atom. The molecule has 0 saturated heterocycles. The van der Waals surface area contributed by atoms with E-state index >= 15 is 0 Å². The van der Waals surface area contributed by atoms with Gasteiger partial charge in [-0.1, -0.05) is 18.2 Å². The molecule has 6 nitrogen and oxygen atoms in total. The number of amides is 1. The van der Waals surface area contributed by atoms with Crippen molar-refractivity contribution < 1.29 is 19.4 Å². The lowest BCUT2D eigenvalue weighted by Gasteiger charge is -2.16. The molecule has 0 radical (unpaired) electrons. The third-order valence-electron chi connectivity index (χ3n) is 3.45. The van der Waals surface area contributed by atoms with Gasteiger partial charge in [-0.25, -0.2) is 4.79 Å². The maximum Gasteiger partial charge on any atom is 0.373 e. The van der Waals surface area contributed by atoms with E-state index in [0.29, 0.717) is 29.8 Å². The van der Waals surface area contributed by atoms with Crippen molar-refractivity contribution in [2.45, 2.75) is 39.2 Å². The molecule has 0 aliphatic carbocycles. The van der Waals surface area contributed by atoms with Crippen LogP contribution in [-0.2, 0) is 21.0 Å². The molecule has 0 aliphatic rings. The van der Waals surface area contributed by atoms with Crippen LogP contribution in [0.15, 0.2) is 48.5 Å². The van der Waals surface area contributed by atoms with Crippen LogP contribution < -0.4 is 11.1 Å². The monoisotopic (exact) mass is 356 g/mol. The molecule has 0 aliphatic heterocycles. The predicted octanol–water partition coefficient (Wildman–Crippen LogP) is 3.73. The van der Waals surface area contributed by atoms with Crippen LogP contribution in [-0.4, -0.2) is 17.5 Å². The van der Waals surface area contributed by atoms with E-state index in [1.165, 1.54) is 0 Å². The molecule has 2 aromatic carbocycles. The van der Waals surface area contributed by atoms with Crippen molar-refractivity contribution >= 4 is 23.3 Å². The van der Waals surface area contributed by atoms with Crippen LogP contribution >= 0.6 is 0 Å². The fraction of sp³-hybridized carbons (Fsp3) is 0.300. The molecule has 0 heterocycles. The van der Waals surface area contributed by atoms with Crippen molar-refractivity contribution in [3.05, 3.63) is 59.7 Å². The second-order valence-corrected chi connectivity index (χ2v) is 6.89. The molecular formula is C20H24N2O4. The molecule has 0 spiro atoms. The summed E-state index contributed by atoms with van der Waals surface area (Å²) in [4.78, 5) is 33.7. The summed E-state index contributed by atoms with van der Waals surface area (Å²) in [6.45, 7) is 5.34. The molecule has 0 atom stereocenters. The van der Waals surface area contributed by atoms with Gasteiger partial charge in [-0.3, -0.25) is 9.68 Å². The summed E-state index contributed by atoms with van der Waals surface area (Å²) in [7, 11) is 0. The maximum atomic E-state index is 12.1. The van der Waals surface area contributed by atoms with E-state index in [4.69, 9.17) is 15.5 Å². The van der Waals surface area contributed by atoms with Gasteiger partial charge in [-0.2, -0.15) is 4.89 Å². The summed E-state index contributed by atoms with van der Waals surface area (Å²) in [6.07, 6.45) is 0.879. The van der Waals surface area contributed by atoms with Crippen molar-refractivity contribution in [1.29, 1.82) is 0 Å². The summed E-state index contributed by atoms with van der Waals surface area (Å²) in [5, 5.41) is 2.79. The van der Waals surface area contributed by atoms with E-state index in [0.717, 1.165) is 5.56 Å². The summed E-state index contributed by atoms with van der Waals surface area (Å²) in [6, 6.07) is 13.9. The van der Waals surface area contributed by atoms with Gasteiger partial charge in [0.2, 0.25) is 5.91 Å². The number of nitrogens with two attached hydrogens (primary N) is 1. The number of hydrogen-bond acceptors (Lipinski definition) is 5. The first kappa shape index (κ1) is 19.5. The summed E-state index contributed by atoms with van der Waals surface area (Å²) < 4.78 is 0. The van der Waals surface area contributed by atoms with E-state index in [9.17, 15) is 9.59 Å². The zero-order chi connectivity index (χ0) is 19.2. The topological polar surface area (TPSA) is 90.6 Å². The number of benzene rings is 2. The Hall–Kier alpha value is -2.86. The summed E-state index contributed by atoms with van der Waals surface area (Å²) in [5.74, 6) is -0.711. The zero-order valence-electron chi connectivity index (χ0n) is 15.2. The SMILES string of the molecule is CC(C)(C)OOC(=O)c1ccc(NC(=O)CCc2ccccc2N)cc1. The van der Waals surface area contributed by atoms with Crippen LogP contribution in [0.3, 0.4) is 0 Å². The number of hydrogen-bond donors (Lipinski definition) is 2. The van der Waals surface area contributed by atoms with Crippen LogP contribution in [0.25, 0.3) is 0 Å². The van der Waals surface area contributed by atoms with Crippen molar-refractivity contribution in [3.8, 4) is 0 Å². The number of rotatable bonds is 6. The molecular weight excluding hydrogens is 332 g/mol. The van der Waals surface area contributed by atoms with Gasteiger partial charge in [0.15, 0.2) is 0 Å². The average Bonchev–Trinajstić information content (AvgIpc) is 2.59. The molecule has 3 N–H and O–H groups in total. The van der Waals surface area contributed by atoms with E-state index in [-0.39, 0.29) is 5.91 Å². The Labute approximate surface area is 153 Å². The Balaban J connectivity index is 1.85. The highest BCUT2D eigenvalue weighted by Gasteiger charge is 2.16. The lowest BCUT2D eigenvalue weighted by molar-refractivity contribution is -0.301. The van der Waals surface area contributed by atoms with Gasteiger partial charge in [-0.05, 0) is 63.1 Å². The van der Waals surface area contributed by atoms with Gasteiger partial charge < -0.3 is 11.1 Å². The van der Waals surface area contributed by atoms with E-state index in [1.807, 2.05) is 24.3 Å². The first-order chi connectivity index (χ1) is 12.2. The lowest BCUT2D eigenvalue weighted by Crippen LogP contribution is -2.22. The second kappa shape index (κ2) is 8.49. The van der Waals surface area contributed by atoms with Crippen molar-refractivity contribution in [2.24, 2.45) is 0 Å². The Morgan fingerprint density at radius 1 is 1.04 bits per heavy atom. The molecule has 6 heteroatoms. The first-order valence-electron chi connectivity index (χ1n) is 8.38. The van der Waals surface area contributed by atoms with Crippen LogP contribution in [0.1, 0.15) is 43.1 Å². The second-order valence-electron chi connectivity index (χ2n) is 6.89. The van der Waals surface area contributed by atoms with Gasteiger partial charge >= 0.3 is 5.97 Å². The molecule has 0 saturated carbocycles. The largest absolute Gasteiger partial charge is 0.399 e. The minimum absolute atomic E-state index is 0.125. The van der Waals surface area contributed by atoms with Crippen molar-refractivity contribution in [1.82, 2.24) is 0 Å². The summed E-state index contributed by atoms with van der Waals surface area (Å²) in [5.41, 5.74) is 7.86. The van der Waals surface area contributed by atoms with Crippen LogP contribution in [0.4, 0.5) is 11.4 Å². The van der Waals surface area contributed by atoms with Gasteiger partial charge in [0.25, 0.3) is 0 Å². The lowest BCUT2D eigenvalue weighted by atomic mass is 10.1. The van der Waals surface area contributed by atoms with E-state index in [1.54, 1.807) is 45.0 Å². The molecule has 138 valence electrons. The number of carbonyl (C=O) groups excluding carboxylic acids is 2. The van der Waals surface area contributed by atoms with Crippen molar-refractivity contribution in [2.75, 3.05) is 11.1 Å². The highest BCUT2D eigenvalue weighted by Crippen LogP contribution is 2.15. The van der Waals surface area contributed by atoms with E-state index < -0.39 is 11.6 Å². The normalized spacial score (nSPS) is 11.0. The third kappa shape index (κ3) is 6.22. The fourth-order valence-corrected chi connectivity index (χ4v) is 2.13. The molecule has 0 bridgehead atoms. The first-order valence-corrected chi connectivity index (χ1v) is 8.38. The standard InChI is InChI=1S/C20H24N2O4/c1-20(2,3)26-25-19(24)15-8-11-16(12-9-15)22-18(23)13-10-14-6-4-5-7-17(14)21/h4-9,11-12H,10,13,21H2,1-3H3,(H,22,23). The number of aryl methyl sites for hydroxylation is 1. The van der Waals surface area contributed by atoms with Crippen LogP contribution in [0.2, 0.25) is 0 Å². The van der Waals surface area contributed by atoms with Crippen molar-refractivity contribution in [3.63, 3.8) is 0 Å². The fourth-order valence-electron chi connectivity index (χ4n) is 2.13. The molecule has 0 fully saturated rings. The number of carbonyl (C=O) groups is 2. The summed E-state index contributed by atoms with van der Waals surface area (Å²) >= 11 is 0. The molecule has 0 unspecified atom stereocenters. The highest BCUT2D eigenvalue weighted by atomic mass is 17.2. The highest BCUT2D eigenvalue weighted by molar-refractivity contribution is 5.93. The Morgan fingerprint density at radius 2 is 1.69 bits per heavy atom. The van der Waals surface area contributed by atoms with Crippen LogP contribution in [0.5, 0.6) is 0 Å². The third-order valence-corrected chi connectivity index (χ3v) is 3.45. The van der Waals surface area contributed by atoms with Crippen LogP contribution in [0, 0.1) is 0 Å². The quantitative estimate of drug-likeness (QED) is 0.467. The molecule has 26 heavy (non-hydrogen) atoms. The number of nitrogens with one attached hydrogen (secondary N) is 1. The molecule has 2 aromatic rings. The number of anilines is 2. The van der Waals surface area contributed by atoms with E-state index in [2.05, 4.69) is 5.32 Å². The average molecular weight is 356 g/mol. The van der Waals surface area contributed by atoms with Gasteiger partial charge in [-0.15, -0.1) is 0 Å².